The number of hydrogen-bond donors (Lipinski definition) is 1. The molecule has 1 aromatic rings. The van der Waals surface area contributed by atoms with Gasteiger partial charge in [-0.2, -0.15) is 0 Å². The van der Waals surface area contributed by atoms with Crippen LogP contribution >= 0.6 is 24.0 Å². The van der Waals surface area contributed by atoms with Gasteiger partial charge in [0.25, 0.3) is 5.91 Å². The van der Waals surface area contributed by atoms with Crippen molar-refractivity contribution in [2.45, 2.75) is 38.6 Å². The van der Waals surface area contributed by atoms with Gasteiger partial charge >= 0.3 is 0 Å². The maximum Gasteiger partial charge on any atom is 0.274 e. The van der Waals surface area contributed by atoms with Gasteiger partial charge in [0, 0.05) is 25.0 Å². The van der Waals surface area contributed by atoms with E-state index in [1.165, 1.54) is 6.20 Å². The molecular weight excluding hydrogens is 299 g/mol. The van der Waals surface area contributed by atoms with Crippen LogP contribution in [-0.4, -0.2) is 39.9 Å². The number of nitrogens with zero attached hydrogens (tertiary/aromatic N) is 3. The molecule has 1 aliphatic heterocycles. The average molecular weight is 319 g/mol. The van der Waals surface area contributed by atoms with Gasteiger partial charge in [0.1, 0.15) is 5.82 Å². The second-order valence-corrected chi connectivity index (χ2v) is 5.64. The Morgan fingerprint density at radius 3 is 2.85 bits per heavy atom. The third kappa shape index (κ3) is 3.81. The zero-order chi connectivity index (χ0) is 14.0. The van der Waals surface area contributed by atoms with E-state index < -0.39 is 0 Å². The lowest BCUT2D eigenvalue weighted by Crippen LogP contribution is -2.46. The number of piperidine rings is 1. The molecule has 1 saturated heterocycles. The van der Waals surface area contributed by atoms with E-state index >= 15 is 0 Å². The number of hydrogen-bond acceptors (Lipinski definition) is 4. The lowest BCUT2D eigenvalue weighted by atomic mass is 10.1. The first-order valence-electron chi connectivity index (χ1n) is 6.56. The van der Waals surface area contributed by atoms with Gasteiger partial charge in [-0.05, 0) is 12.8 Å². The highest BCUT2D eigenvalue weighted by atomic mass is 35.5. The molecule has 0 aromatic carbocycles. The first-order chi connectivity index (χ1) is 8.99. The molecular formula is C13H20Cl2N4O. The van der Waals surface area contributed by atoms with E-state index in [2.05, 4.69) is 9.97 Å². The molecule has 1 unspecified atom stereocenters. The maximum absolute atomic E-state index is 12.4. The number of carbonyl (C=O) groups excluding carboxylic acids is 1. The Bertz CT molecular complexity index is 481. The maximum atomic E-state index is 12.4. The number of halogens is 2. The normalized spacial score (nSPS) is 18.9. The van der Waals surface area contributed by atoms with E-state index in [1.54, 1.807) is 4.90 Å². The van der Waals surface area contributed by atoms with E-state index in [1.807, 2.05) is 13.8 Å². The summed E-state index contributed by atoms with van der Waals surface area (Å²) in [5.74, 6) is 0.644. The van der Waals surface area contributed by atoms with Crippen LogP contribution in [0.4, 0.5) is 0 Å². The van der Waals surface area contributed by atoms with E-state index in [4.69, 9.17) is 17.3 Å². The predicted octanol–water partition coefficient (Wildman–Crippen LogP) is 2.24. The van der Waals surface area contributed by atoms with Crippen molar-refractivity contribution in [3.63, 3.8) is 0 Å². The van der Waals surface area contributed by atoms with Gasteiger partial charge in [-0.1, -0.05) is 25.4 Å². The highest BCUT2D eigenvalue weighted by molar-refractivity contribution is 6.33. The van der Waals surface area contributed by atoms with Crippen molar-refractivity contribution < 1.29 is 4.79 Å². The smallest absolute Gasteiger partial charge is 0.274 e. The second-order valence-electron chi connectivity index (χ2n) is 5.23. The van der Waals surface area contributed by atoms with Crippen molar-refractivity contribution >= 4 is 29.9 Å². The SMILES string of the molecule is CC(C)c1ncc(Cl)c(C(=O)N2CCCC(N)C2)n1.Cl. The average Bonchev–Trinajstić information content (AvgIpc) is 2.38. The molecule has 1 amide bonds. The van der Waals surface area contributed by atoms with Crippen LogP contribution in [0.1, 0.15) is 48.9 Å². The van der Waals surface area contributed by atoms with Crippen molar-refractivity contribution in [3.05, 3.63) is 22.7 Å². The van der Waals surface area contributed by atoms with Gasteiger partial charge in [0.05, 0.1) is 11.2 Å². The highest BCUT2D eigenvalue weighted by Crippen LogP contribution is 2.19. The molecule has 1 aliphatic rings. The summed E-state index contributed by atoms with van der Waals surface area (Å²) in [5.41, 5.74) is 6.18. The van der Waals surface area contributed by atoms with E-state index in [0.717, 1.165) is 12.8 Å². The Balaban J connectivity index is 0.00000200. The molecule has 1 atom stereocenters. The van der Waals surface area contributed by atoms with Crippen molar-refractivity contribution in [3.8, 4) is 0 Å². The molecule has 5 nitrogen and oxygen atoms in total. The molecule has 0 bridgehead atoms. The molecule has 7 heteroatoms. The van der Waals surface area contributed by atoms with Crippen LogP contribution in [0.15, 0.2) is 6.20 Å². The summed E-state index contributed by atoms with van der Waals surface area (Å²) in [4.78, 5) is 22.6. The molecule has 2 heterocycles. The van der Waals surface area contributed by atoms with Crippen LogP contribution in [0, 0.1) is 0 Å². The Morgan fingerprint density at radius 1 is 1.55 bits per heavy atom. The van der Waals surface area contributed by atoms with Crippen molar-refractivity contribution in [2.24, 2.45) is 5.73 Å². The van der Waals surface area contributed by atoms with Gasteiger partial charge in [-0.25, -0.2) is 9.97 Å². The van der Waals surface area contributed by atoms with Crippen LogP contribution in [0.3, 0.4) is 0 Å². The minimum Gasteiger partial charge on any atom is -0.336 e. The predicted molar refractivity (Wildman–Crippen MR) is 81.5 cm³/mol. The Hall–Kier alpha value is -0.910. The quantitative estimate of drug-likeness (QED) is 0.907. The van der Waals surface area contributed by atoms with Gasteiger partial charge in [-0.15, -0.1) is 12.4 Å². The minimum atomic E-state index is -0.149. The third-order valence-corrected chi connectivity index (χ3v) is 3.50. The molecule has 0 aliphatic carbocycles. The minimum absolute atomic E-state index is 0. The molecule has 112 valence electrons. The van der Waals surface area contributed by atoms with Crippen LogP contribution in [0.25, 0.3) is 0 Å². The Labute approximate surface area is 130 Å². The number of nitrogens with two attached hydrogens (primary N) is 1. The fourth-order valence-electron chi connectivity index (χ4n) is 2.15. The first-order valence-corrected chi connectivity index (χ1v) is 6.94. The summed E-state index contributed by atoms with van der Waals surface area (Å²) in [6.45, 7) is 5.24. The van der Waals surface area contributed by atoms with Gasteiger partial charge in [0.15, 0.2) is 5.69 Å². The first kappa shape index (κ1) is 17.1. The van der Waals surface area contributed by atoms with Crippen LogP contribution < -0.4 is 5.73 Å². The van der Waals surface area contributed by atoms with Crippen LogP contribution in [0.5, 0.6) is 0 Å². The third-order valence-electron chi connectivity index (χ3n) is 3.23. The fourth-order valence-corrected chi connectivity index (χ4v) is 2.33. The fraction of sp³-hybridized carbons (Fsp3) is 0.615. The summed E-state index contributed by atoms with van der Waals surface area (Å²) in [6.07, 6.45) is 3.38. The van der Waals surface area contributed by atoms with Crippen LogP contribution in [-0.2, 0) is 0 Å². The summed E-state index contributed by atoms with van der Waals surface area (Å²) in [7, 11) is 0. The summed E-state index contributed by atoms with van der Waals surface area (Å²) in [6, 6.07) is 0.0443. The summed E-state index contributed by atoms with van der Waals surface area (Å²) in [5, 5.41) is 0.300. The largest absolute Gasteiger partial charge is 0.336 e. The molecule has 0 saturated carbocycles. The van der Waals surface area contributed by atoms with Gasteiger partial charge in [-0.3, -0.25) is 4.79 Å². The number of likely N-dealkylation sites (tertiary alicyclic amines) is 1. The Morgan fingerprint density at radius 2 is 2.25 bits per heavy atom. The van der Waals surface area contributed by atoms with Crippen molar-refractivity contribution in [1.82, 2.24) is 14.9 Å². The highest BCUT2D eigenvalue weighted by Gasteiger charge is 2.25. The number of carbonyl (C=O) groups is 1. The topological polar surface area (TPSA) is 72.1 Å². The molecule has 2 rings (SSSR count). The number of amides is 1. The number of rotatable bonds is 2. The van der Waals surface area contributed by atoms with Crippen molar-refractivity contribution in [1.29, 1.82) is 0 Å². The monoisotopic (exact) mass is 318 g/mol. The molecule has 0 radical (unpaired) electrons. The lowest BCUT2D eigenvalue weighted by Gasteiger charge is -2.30. The van der Waals surface area contributed by atoms with Crippen LogP contribution in [0.2, 0.25) is 5.02 Å². The molecule has 1 fully saturated rings. The van der Waals surface area contributed by atoms with E-state index in [0.29, 0.717) is 23.9 Å². The van der Waals surface area contributed by atoms with E-state index in [-0.39, 0.29) is 36.0 Å². The summed E-state index contributed by atoms with van der Waals surface area (Å²) >= 11 is 6.05. The zero-order valence-corrected chi connectivity index (χ0v) is 13.2. The lowest BCUT2D eigenvalue weighted by molar-refractivity contribution is 0.0702. The standard InChI is InChI=1S/C13H19ClN4O.ClH/c1-8(2)12-16-6-10(14)11(17-12)13(19)18-5-3-4-9(15)7-18;/h6,8-9H,3-5,7,15H2,1-2H3;1H. The van der Waals surface area contributed by atoms with Gasteiger partial charge < -0.3 is 10.6 Å². The molecule has 20 heavy (non-hydrogen) atoms. The van der Waals surface area contributed by atoms with E-state index in [9.17, 15) is 4.79 Å². The molecule has 2 N–H and O–H groups in total. The van der Waals surface area contributed by atoms with Crippen molar-refractivity contribution in [2.75, 3.05) is 13.1 Å². The molecule has 0 spiro atoms. The second kappa shape index (κ2) is 7.20. The zero-order valence-electron chi connectivity index (χ0n) is 11.7. The van der Waals surface area contributed by atoms with Gasteiger partial charge in [0.2, 0.25) is 0 Å². The molecule has 1 aromatic heterocycles. The number of aromatic nitrogens is 2. The Kier molecular flexibility index (Phi) is 6.17. The summed E-state index contributed by atoms with van der Waals surface area (Å²) < 4.78 is 0.